The van der Waals surface area contributed by atoms with Gasteiger partial charge in [0, 0.05) is 44.3 Å². The first kappa shape index (κ1) is 22.9. The Bertz CT molecular complexity index is 839. The molecule has 0 spiro atoms. The molecule has 0 unspecified atom stereocenters. The maximum absolute atomic E-state index is 13.5. The third-order valence-corrected chi connectivity index (χ3v) is 6.29. The maximum Gasteiger partial charge on any atom is 0.411 e. The Morgan fingerprint density at radius 2 is 1.97 bits per heavy atom. The Hall–Kier alpha value is -2.32. The van der Waals surface area contributed by atoms with Crippen molar-refractivity contribution in [2.75, 3.05) is 32.8 Å². The zero-order valence-electron chi connectivity index (χ0n) is 19.5. The van der Waals surface area contributed by atoms with E-state index in [4.69, 9.17) is 14.2 Å². The molecule has 0 aliphatic carbocycles. The van der Waals surface area contributed by atoms with E-state index in [1.807, 2.05) is 52.0 Å². The van der Waals surface area contributed by atoms with E-state index < -0.39 is 17.7 Å². The van der Waals surface area contributed by atoms with Gasteiger partial charge in [-0.3, -0.25) is 14.6 Å². The molecule has 3 heterocycles. The highest BCUT2D eigenvalue weighted by molar-refractivity contribution is 5.86. The van der Waals surface area contributed by atoms with E-state index in [-0.39, 0.29) is 24.1 Å². The molecule has 0 saturated carbocycles. The van der Waals surface area contributed by atoms with Gasteiger partial charge in [0.25, 0.3) is 0 Å². The average molecular weight is 446 g/mol. The number of hydrogen-bond donors (Lipinski definition) is 1. The Morgan fingerprint density at radius 3 is 2.72 bits per heavy atom. The SMILES string of the molecule is CCO[C@@H]1C[C@H]2CN(C(=O)OC(C)(C)C)[C@H](C(=O)N[C@@H]3CCOc4ccccc43)CN2C1. The second-order valence-electron chi connectivity index (χ2n) is 9.81. The van der Waals surface area contributed by atoms with Crippen LogP contribution in [-0.4, -0.2) is 78.4 Å². The number of piperazine rings is 1. The molecule has 0 aromatic heterocycles. The third-order valence-electron chi connectivity index (χ3n) is 6.29. The molecule has 176 valence electrons. The van der Waals surface area contributed by atoms with Crippen LogP contribution in [0.1, 0.15) is 52.1 Å². The van der Waals surface area contributed by atoms with Crippen LogP contribution in [0.2, 0.25) is 0 Å². The molecule has 0 bridgehead atoms. The van der Waals surface area contributed by atoms with Crippen molar-refractivity contribution in [3.8, 4) is 5.75 Å². The summed E-state index contributed by atoms with van der Waals surface area (Å²) in [6, 6.07) is 7.20. The van der Waals surface area contributed by atoms with Crippen LogP contribution >= 0.6 is 0 Å². The number of nitrogens with zero attached hydrogens (tertiary/aromatic N) is 2. The summed E-state index contributed by atoms with van der Waals surface area (Å²) in [6.45, 7) is 10.4. The molecular formula is C24H35N3O5. The van der Waals surface area contributed by atoms with Crippen molar-refractivity contribution in [3.05, 3.63) is 29.8 Å². The van der Waals surface area contributed by atoms with E-state index in [1.165, 1.54) is 0 Å². The van der Waals surface area contributed by atoms with Crippen LogP contribution in [0, 0.1) is 0 Å². The maximum atomic E-state index is 13.5. The predicted octanol–water partition coefficient (Wildman–Crippen LogP) is 2.73. The third kappa shape index (κ3) is 5.02. The van der Waals surface area contributed by atoms with Crippen LogP contribution in [0.15, 0.2) is 24.3 Å². The molecule has 3 aliphatic heterocycles. The number of nitrogens with one attached hydrogen (secondary N) is 1. The standard InChI is InChI=1S/C24H35N3O5/c1-5-30-17-12-16-13-27(23(29)32-24(2,3)4)20(15-26(16)14-17)22(28)25-19-10-11-31-21-9-7-6-8-18(19)21/h6-9,16-17,19-20H,5,10-15H2,1-4H3,(H,25,28)/t16-,17+,19+,20-/m0/s1. The number of hydrogen-bond acceptors (Lipinski definition) is 6. The first-order valence-corrected chi connectivity index (χ1v) is 11.6. The van der Waals surface area contributed by atoms with Crippen LogP contribution < -0.4 is 10.1 Å². The lowest BCUT2D eigenvalue weighted by atomic mass is 9.99. The summed E-state index contributed by atoms with van der Waals surface area (Å²) >= 11 is 0. The van der Waals surface area contributed by atoms with E-state index in [1.54, 1.807) is 4.90 Å². The second kappa shape index (κ2) is 9.27. The van der Waals surface area contributed by atoms with E-state index in [9.17, 15) is 9.59 Å². The minimum absolute atomic E-state index is 0.134. The molecule has 8 nitrogen and oxygen atoms in total. The van der Waals surface area contributed by atoms with Crippen LogP contribution in [-0.2, 0) is 14.3 Å². The number of carbonyl (C=O) groups is 2. The molecule has 32 heavy (non-hydrogen) atoms. The fraction of sp³-hybridized carbons (Fsp3) is 0.667. The zero-order valence-corrected chi connectivity index (χ0v) is 19.5. The Balaban J connectivity index is 1.52. The number of amides is 2. The molecule has 1 aromatic carbocycles. The summed E-state index contributed by atoms with van der Waals surface area (Å²) in [5.41, 5.74) is 0.348. The number of carbonyl (C=O) groups excluding carboxylic acids is 2. The van der Waals surface area contributed by atoms with E-state index in [2.05, 4.69) is 10.2 Å². The fourth-order valence-corrected chi connectivity index (χ4v) is 4.89. The monoisotopic (exact) mass is 445 g/mol. The summed E-state index contributed by atoms with van der Waals surface area (Å²) in [6.07, 6.45) is 1.24. The number of para-hydroxylation sites is 1. The first-order chi connectivity index (χ1) is 15.2. The first-order valence-electron chi connectivity index (χ1n) is 11.6. The summed E-state index contributed by atoms with van der Waals surface area (Å²) in [7, 11) is 0. The van der Waals surface area contributed by atoms with Gasteiger partial charge in [0.2, 0.25) is 5.91 Å². The number of benzene rings is 1. The largest absolute Gasteiger partial charge is 0.493 e. The molecule has 2 amide bonds. The van der Waals surface area contributed by atoms with Gasteiger partial charge in [-0.15, -0.1) is 0 Å². The van der Waals surface area contributed by atoms with Gasteiger partial charge in [-0.2, -0.15) is 0 Å². The highest BCUT2D eigenvalue weighted by Gasteiger charge is 2.46. The molecule has 1 N–H and O–H groups in total. The van der Waals surface area contributed by atoms with Crippen LogP contribution in [0.25, 0.3) is 0 Å². The Labute approximate surface area is 190 Å². The molecule has 8 heteroatoms. The van der Waals surface area contributed by atoms with Crippen molar-refractivity contribution in [2.45, 2.75) is 70.4 Å². The molecule has 4 rings (SSSR count). The van der Waals surface area contributed by atoms with Crippen molar-refractivity contribution in [3.63, 3.8) is 0 Å². The lowest BCUT2D eigenvalue weighted by Crippen LogP contribution is -2.63. The van der Waals surface area contributed by atoms with E-state index in [0.717, 1.165) is 24.3 Å². The van der Waals surface area contributed by atoms with Crippen molar-refractivity contribution < 1.29 is 23.8 Å². The summed E-state index contributed by atoms with van der Waals surface area (Å²) < 4.78 is 17.2. The van der Waals surface area contributed by atoms with Crippen molar-refractivity contribution in [1.82, 2.24) is 15.1 Å². The highest BCUT2D eigenvalue weighted by atomic mass is 16.6. The van der Waals surface area contributed by atoms with Gasteiger partial charge in [0.15, 0.2) is 0 Å². The zero-order chi connectivity index (χ0) is 22.9. The van der Waals surface area contributed by atoms with E-state index in [0.29, 0.717) is 32.7 Å². The average Bonchev–Trinajstić information content (AvgIpc) is 3.13. The quantitative estimate of drug-likeness (QED) is 0.768. The van der Waals surface area contributed by atoms with Crippen molar-refractivity contribution in [2.24, 2.45) is 0 Å². The predicted molar refractivity (Wildman–Crippen MR) is 120 cm³/mol. The molecule has 4 atom stereocenters. The Kier molecular flexibility index (Phi) is 6.62. The van der Waals surface area contributed by atoms with Crippen molar-refractivity contribution >= 4 is 12.0 Å². The van der Waals surface area contributed by atoms with Crippen molar-refractivity contribution in [1.29, 1.82) is 0 Å². The van der Waals surface area contributed by atoms with Gasteiger partial charge in [-0.05, 0) is 40.2 Å². The molecule has 0 radical (unpaired) electrons. The van der Waals surface area contributed by atoms with Gasteiger partial charge in [0.05, 0.1) is 18.8 Å². The molecule has 1 aromatic rings. The van der Waals surface area contributed by atoms with Gasteiger partial charge in [-0.1, -0.05) is 18.2 Å². The normalized spacial score (nSPS) is 27.8. The van der Waals surface area contributed by atoms with Crippen LogP contribution in [0.4, 0.5) is 4.79 Å². The van der Waals surface area contributed by atoms with Gasteiger partial charge in [0.1, 0.15) is 17.4 Å². The summed E-state index contributed by atoms with van der Waals surface area (Å²) in [5.74, 6) is 0.645. The molecular weight excluding hydrogens is 410 g/mol. The molecule has 3 aliphatic rings. The van der Waals surface area contributed by atoms with E-state index >= 15 is 0 Å². The Morgan fingerprint density at radius 1 is 1.19 bits per heavy atom. The summed E-state index contributed by atoms with van der Waals surface area (Å²) in [5, 5.41) is 3.18. The number of fused-ring (bicyclic) bond motifs is 2. The minimum atomic E-state index is -0.627. The van der Waals surface area contributed by atoms with Gasteiger partial charge < -0.3 is 19.5 Å². The fourth-order valence-electron chi connectivity index (χ4n) is 4.89. The molecule has 2 saturated heterocycles. The minimum Gasteiger partial charge on any atom is -0.493 e. The lowest BCUT2D eigenvalue weighted by Gasteiger charge is -2.43. The summed E-state index contributed by atoms with van der Waals surface area (Å²) in [4.78, 5) is 30.5. The molecule has 2 fully saturated rings. The number of ether oxygens (including phenoxy) is 3. The smallest absolute Gasteiger partial charge is 0.411 e. The van der Waals surface area contributed by atoms with Gasteiger partial charge >= 0.3 is 6.09 Å². The number of rotatable bonds is 4. The second-order valence-corrected chi connectivity index (χ2v) is 9.81. The van der Waals surface area contributed by atoms with Crippen LogP contribution in [0.5, 0.6) is 5.75 Å². The topological polar surface area (TPSA) is 80.3 Å². The van der Waals surface area contributed by atoms with Crippen LogP contribution in [0.3, 0.4) is 0 Å². The lowest BCUT2D eigenvalue weighted by molar-refractivity contribution is -0.130. The van der Waals surface area contributed by atoms with Gasteiger partial charge in [-0.25, -0.2) is 4.79 Å². The highest BCUT2D eigenvalue weighted by Crippen LogP contribution is 2.33.